The summed E-state index contributed by atoms with van der Waals surface area (Å²) < 4.78 is 27.4. The minimum Gasteiger partial charge on any atom is -0.356 e. The Hall–Kier alpha value is -2.19. The van der Waals surface area contributed by atoms with Gasteiger partial charge in [0, 0.05) is 44.7 Å². The summed E-state index contributed by atoms with van der Waals surface area (Å²) in [5.41, 5.74) is 0.784. The lowest BCUT2D eigenvalue weighted by Gasteiger charge is -2.37. The molecule has 3 fully saturated rings. The Bertz CT molecular complexity index is 1120. The summed E-state index contributed by atoms with van der Waals surface area (Å²) in [5, 5.41) is 0.825. The summed E-state index contributed by atoms with van der Waals surface area (Å²) in [5.74, 6) is 1.90. The zero-order chi connectivity index (χ0) is 23.0. The number of hydrogen-bond donors (Lipinski definition) is 0. The number of benzene rings is 1. The number of pyridine rings is 1. The number of sulfonamides is 1. The maximum absolute atomic E-state index is 13.1. The average molecular weight is 471 g/mol. The SMILES string of the molecule is CC1CCN(C(=O)[C@H]2CCCN(c3ccc4cc(S(=O)(=O)N5CCCC5)ccc4n3)C2)CC1. The van der Waals surface area contributed by atoms with Crippen molar-refractivity contribution in [2.75, 3.05) is 44.2 Å². The summed E-state index contributed by atoms with van der Waals surface area (Å²) in [7, 11) is -3.44. The van der Waals surface area contributed by atoms with Gasteiger partial charge in [0.25, 0.3) is 0 Å². The van der Waals surface area contributed by atoms with Gasteiger partial charge in [0.1, 0.15) is 5.82 Å². The van der Waals surface area contributed by atoms with Crippen LogP contribution in [0.5, 0.6) is 0 Å². The molecular formula is C25H34N4O3S. The molecule has 2 aromatic rings. The number of aromatic nitrogens is 1. The monoisotopic (exact) mass is 470 g/mol. The highest BCUT2D eigenvalue weighted by Crippen LogP contribution is 2.28. The van der Waals surface area contributed by atoms with Gasteiger partial charge in [0.2, 0.25) is 15.9 Å². The Kier molecular flexibility index (Phi) is 6.31. The second kappa shape index (κ2) is 9.22. The van der Waals surface area contributed by atoms with Crippen LogP contribution < -0.4 is 4.90 Å². The third-order valence-electron chi connectivity index (χ3n) is 7.54. The first kappa shape index (κ1) is 22.6. The van der Waals surface area contributed by atoms with Gasteiger partial charge >= 0.3 is 0 Å². The number of piperidine rings is 2. The number of hydrogen-bond acceptors (Lipinski definition) is 5. The van der Waals surface area contributed by atoms with Gasteiger partial charge in [-0.1, -0.05) is 6.92 Å². The maximum atomic E-state index is 13.1. The van der Waals surface area contributed by atoms with Crippen LogP contribution in [-0.4, -0.2) is 67.8 Å². The molecule has 7 nitrogen and oxygen atoms in total. The Morgan fingerprint density at radius 3 is 2.45 bits per heavy atom. The molecule has 5 rings (SSSR count). The number of anilines is 1. The second-order valence-electron chi connectivity index (χ2n) is 9.93. The quantitative estimate of drug-likeness (QED) is 0.684. The van der Waals surface area contributed by atoms with Crippen LogP contribution in [0.2, 0.25) is 0 Å². The van der Waals surface area contributed by atoms with E-state index in [1.54, 1.807) is 16.4 Å². The van der Waals surface area contributed by atoms with Gasteiger partial charge in [-0.15, -0.1) is 0 Å². The molecule has 0 saturated carbocycles. The first-order chi connectivity index (χ1) is 15.9. The highest BCUT2D eigenvalue weighted by Gasteiger charge is 2.31. The van der Waals surface area contributed by atoms with E-state index in [2.05, 4.69) is 16.7 Å². The van der Waals surface area contributed by atoms with Crippen molar-refractivity contribution in [3.63, 3.8) is 0 Å². The molecule has 3 aliphatic heterocycles. The third kappa shape index (κ3) is 4.60. The van der Waals surface area contributed by atoms with Crippen molar-refractivity contribution in [3.05, 3.63) is 30.3 Å². The molecule has 1 amide bonds. The van der Waals surface area contributed by atoms with Gasteiger partial charge in [-0.3, -0.25) is 4.79 Å². The molecule has 4 heterocycles. The van der Waals surface area contributed by atoms with Crippen LogP contribution in [-0.2, 0) is 14.8 Å². The lowest BCUT2D eigenvalue weighted by Crippen LogP contribution is -2.47. The van der Waals surface area contributed by atoms with Gasteiger partial charge in [-0.2, -0.15) is 4.31 Å². The zero-order valence-corrected chi connectivity index (χ0v) is 20.3. The molecule has 1 aromatic carbocycles. The summed E-state index contributed by atoms with van der Waals surface area (Å²) in [6.45, 7) is 6.82. The molecule has 1 aromatic heterocycles. The number of likely N-dealkylation sites (tertiary alicyclic amines) is 1. The van der Waals surface area contributed by atoms with Crippen molar-refractivity contribution in [1.82, 2.24) is 14.2 Å². The molecule has 178 valence electrons. The van der Waals surface area contributed by atoms with Crippen molar-refractivity contribution >= 4 is 32.7 Å². The highest BCUT2D eigenvalue weighted by atomic mass is 32.2. The molecular weight excluding hydrogens is 436 g/mol. The molecule has 3 aliphatic rings. The molecule has 0 N–H and O–H groups in total. The summed E-state index contributed by atoms with van der Waals surface area (Å²) in [6.07, 6.45) is 5.97. The highest BCUT2D eigenvalue weighted by molar-refractivity contribution is 7.89. The van der Waals surface area contributed by atoms with E-state index in [0.29, 0.717) is 36.4 Å². The van der Waals surface area contributed by atoms with Crippen LogP contribution in [0, 0.1) is 11.8 Å². The van der Waals surface area contributed by atoms with Crippen LogP contribution >= 0.6 is 0 Å². The smallest absolute Gasteiger partial charge is 0.243 e. The molecule has 8 heteroatoms. The van der Waals surface area contributed by atoms with Crippen LogP contribution in [0.3, 0.4) is 0 Å². The lowest BCUT2D eigenvalue weighted by atomic mass is 9.93. The van der Waals surface area contributed by atoms with E-state index in [-0.39, 0.29) is 5.92 Å². The molecule has 3 saturated heterocycles. The molecule has 0 spiro atoms. The topological polar surface area (TPSA) is 73.8 Å². The number of rotatable bonds is 4. The Morgan fingerprint density at radius 2 is 1.70 bits per heavy atom. The lowest BCUT2D eigenvalue weighted by molar-refractivity contribution is -0.137. The summed E-state index contributed by atoms with van der Waals surface area (Å²) in [6, 6.07) is 9.14. The van der Waals surface area contributed by atoms with Crippen molar-refractivity contribution < 1.29 is 13.2 Å². The van der Waals surface area contributed by atoms with Gasteiger partial charge in [-0.05, 0) is 74.8 Å². The Morgan fingerprint density at radius 1 is 0.939 bits per heavy atom. The van der Waals surface area contributed by atoms with E-state index in [1.807, 2.05) is 18.2 Å². The molecule has 33 heavy (non-hydrogen) atoms. The third-order valence-corrected chi connectivity index (χ3v) is 9.43. The first-order valence-electron chi connectivity index (χ1n) is 12.4. The van der Waals surface area contributed by atoms with Crippen molar-refractivity contribution in [1.29, 1.82) is 0 Å². The molecule has 1 atom stereocenters. The fourth-order valence-electron chi connectivity index (χ4n) is 5.38. The van der Waals surface area contributed by atoms with Gasteiger partial charge in [0.05, 0.1) is 16.3 Å². The molecule has 0 aliphatic carbocycles. The number of nitrogens with zero attached hydrogens (tertiary/aromatic N) is 4. The number of amides is 1. The summed E-state index contributed by atoms with van der Waals surface area (Å²) >= 11 is 0. The van der Waals surface area contributed by atoms with Gasteiger partial charge in [0.15, 0.2) is 0 Å². The van der Waals surface area contributed by atoms with Crippen LogP contribution in [0.25, 0.3) is 10.9 Å². The van der Waals surface area contributed by atoms with Crippen molar-refractivity contribution in [3.8, 4) is 0 Å². The average Bonchev–Trinajstić information content (AvgIpc) is 3.40. The van der Waals surface area contributed by atoms with Crippen molar-refractivity contribution in [2.45, 2.75) is 50.3 Å². The minimum absolute atomic E-state index is 0.0256. The van der Waals surface area contributed by atoms with E-state index in [9.17, 15) is 13.2 Å². The van der Waals surface area contributed by atoms with E-state index >= 15 is 0 Å². The van der Waals surface area contributed by atoms with E-state index < -0.39 is 10.0 Å². The fourth-order valence-corrected chi connectivity index (χ4v) is 6.93. The van der Waals surface area contributed by atoms with Crippen LogP contribution in [0.15, 0.2) is 35.2 Å². The van der Waals surface area contributed by atoms with E-state index in [4.69, 9.17) is 4.98 Å². The largest absolute Gasteiger partial charge is 0.356 e. The molecule has 0 bridgehead atoms. The zero-order valence-electron chi connectivity index (χ0n) is 19.4. The fraction of sp³-hybridized carbons (Fsp3) is 0.600. The Balaban J connectivity index is 1.31. The van der Waals surface area contributed by atoms with E-state index in [0.717, 1.165) is 74.9 Å². The number of carbonyl (C=O) groups is 1. The molecule has 0 radical (unpaired) electrons. The van der Waals surface area contributed by atoms with Crippen LogP contribution in [0.1, 0.15) is 45.4 Å². The van der Waals surface area contributed by atoms with E-state index in [1.165, 1.54) is 0 Å². The maximum Gasteiger partial charge on any atom is 0.243 e. The van der Waals surface area contributed by atoms with Crippen LogP contribution in [0.4, 0.5) is 5.82 Å². The van der Waals surface area contributed by atoms with Gasteiger partial charge in [-0.25, -0.2) is 13.4 Å². The first-order valence-corrected chi connectivity index (χ1v) is 13.8. The number of carbonyl (C=O) groups excluding carboxylic acids is 1. The number of fused-ring (bicyclic) bond motifs is 1. The normalized spacial score (nSPS) is 23.4. The summed E-state index contributed by atoms with van der Waals surface area (Å²) in [4.78, 5) is 22.5. The molecule has 0 unspecified atom stereocenters. The standard InChI is InChI=1S/C25H34N4O3S/c1-19-10-15-27(16-11-19)25(30)21-5-4-12-28(18-21)24-9-6-20-17-22(7-8-23(20)26-24)33(31,32)29-13-2-3-14-29/h6-9,17,19,21H,2-5,10-16,18H2,1H3/t21-/m0/s1. The van der Waals surface area contributed by atoms with Gasteiger partial charge < -0.3 is 9.80 Å². The Labute approximate surface area is 196 Å². The predicted molar refractivity (Wildman–Crippen MR) is 130 cm³/mol. The van der Waals surface area contributed by atoms with Crippen molar-refractivity contribution in [2.24, 2.45) is 11.8 Å². The predicted octanol–water partition coefficient (Wildman–Crippen LogP) is 3.49. The minimum atomic E-state index is -3.44. The second-order valence-corrected chi connectivity index (χ2v) is 11.9.